The molecule has 0 N–H and O–H groups in total. The summed E-state index contributed by atoms with van der Waals surface area (Å²) in [6.07, 6.45) is 17.9. The molecule has 0 heterocycles. The zero-order chi connectivity index (χ0) is 30.2. The molecule has 0 heteroatoms. The number of hydrogen-bond acceptors (Lipinski definition) is 0. The predicted octanol–water partition coefficient (Wildman–Crippen LogP) is 10.9. The summed E-state index contributed by atoms with van der Waals surface area (Å²) in [5.41, 5.74) is 9.51. The van der Waals surface area contributed by atoms with E-state index in [1.165, 1.54) is 64.2 Å². The minimum Gasteiger partial charge on any atom is -0.0622 e. The van der Waals surface area contributed by atoms with Crippen LogP contribution in [0.1, 0.15) is 128 Å². The molecule has 0 nitrogen and oxygen atoms in total. The summed E-state index contributed by atoms with van der Waals surface area (Å²) < 4.78 is 0. The fraction of sp³-hybridized carbons (Fsp3) is 0.733. The van der Waals surface area contributed by atoms with Crippen molar-refractivity contribution in [3.63, 3.8) is 0 Å². The second kappa shape index (κ2) is 7.22. The van der Waals surface area contributed by atoms with E-state index in [9.17, 15) is 0 Å². The molecule has 14 aliphatic carbocycles. The molecular formula is C45H56. The van der Waals surface area contributed by atoms with E-state index >= 15 is 0 Å². The molecule has 45 heavy (non-hydrogen) atoms. The first-order valence-corrected chi connectivity index (χ1v) is 19.5. The molecule has 0 aromatic heterocycles. The fourth-order valence-electron chi connectivity index (χ4n) is 19.4. The summed E-state index contributed by atoms with van der Waals surface area (Å²) in [6.45, 7) is 13.8. The topological polar surface area (TPSA) is 0 Å². The summed E-state index contributed by atoms with van der Waals surface area (Å²) in [6, 6.07) is 22.7. The van der Waals surface area contributed by atoms with E-state index < -0.39 is 0 Å². The largest absolute Gasteiger partial charge is 0.0622 e. The van der Waals surface area contributed by atoms with Crippen molar-refractivity contribution in [2.24, 2.45) is 74.4 Å². The zero-order valence-corrected chi connectivity index (χ0v) is 28.8. The molecule has 0 saturated heterocycles. The van der Waals surface area contributed by atoms with Crippen molar-refractivity contribution in [2.75, 3.05) is 0 Å². The van der Waals surface area contributed by atoms with E-state index in [0.29, 0.717) is 43.3 Å². The fourth-order valence-corrected chi connectivity index (χ4v) is 19.4. The minimum absolute atomic E-state index is 0.438. The Kier molecular flexibility index (Phi) is 4.24. The highest BCUT2D eigenvalue weighted by atomic mass is 14.8. The molecular weight excluding hydrogens is 540 g/mol. The number of benzene rings is 2. The van der Waals surface area contributed by atoms with Gasteiger partial charge < -0.3 is 0 Å². The van der Waals surface area contributed by atoms with Gasteiger partial charge in [0.25, 0.3) is 0 Å². The molecule has 8 atom stereocenters. The minimum atomic E-state index is 0.438. The Morgan fingerprint density at radius 1 is 0.356 bits per heavy atom. The van der Waals surface area contributed by atoms with Crippen LogP contribution >= 0.6 is 0 Å². The van der Waals surface area contributed by atoms with Crippen LogP contribution in [0.5, 0.6) is 0 Å². The lowest BCUT2D eigenvalue weighted by Crippen LogP contribution is -2.76. The van der Waals surface area contributed by atoms with Crippen LogP contribution in [0.2, 0.25) is 0 Å². The van der Waals surface area contributed by atoms with Crippen LogP contribution in [-0.2, 0) is 16.2 Å². The highest BCUT2D eigenvalue weighted by Crippen LogP contribution is 2.86. The molecule has 16 rings (SSSR count). The Hall–Kier alpha value is -1.56. The van der Waals surface area contributed by atoms with Gasteiger partial charge >= 0.3 is 0 Å². The summed E-state index contributed by atoms with van der Waals surface area (Å²) >= 11 is 0. The first kappa shape index (κ1) is 26.4. The van der Waals surface area contributed by atoms with Gasteiger partial charge in [0, 0.05) is 0 Å². The molecule has 2 aromatic rings. The van der Waals surface area contributed by atoms with E-state index in [-0.39, 0.29) is 0 Å². The van der Waals surface area contributed by atoms with Crippen molar-refractivity contribution in [2.45, 2.75) is 128 Å². The monoisotopic (exact) mass is 596 g/mol. The third-order valence-corrected chi connectivity index (χ3v) is 20.3. The Morgan fingerprint density at radius 3 is 1.00 bits per heavy atom. The summed E-state index contributed by atoms with van der Waals surface area (Å²) in [4.78, 5) is 0. The lowest BCUT2D eigenvalue weighted by atomic mass is 9.22. The zero-order valence-electron chi connectivity index (χ0n) is 28.8. The van der Waals surface area contributed by atoms with Crippen LogP contribution in [0.25, 0.3) is 0 Å². The van der Waals surface area contributed by atoms with E-state index in [0.717, 1.165) is 47.3 Å². The maximum Gasteiger partial charge on any atom is -0.00357 e. The van der Waals surface area contributed by atoms with Crippen molar-refractivity contribution >= 4 is 0 Å². The van der Waals surface area contributed by atoms with Crippen LogP contribution in [-0.4, -0.2) is 0 Å². The molecule has 0 radical (unpaired) electrons. The van der Waals surface area contributed by atoms with Crippen LogP contribution in [0.15, 0.2) is 54.6 Å². The normalized spacial score (nSPS) is 62.9. The van der Waals surface area contributed by atoms with Crippen molar-refractivity contribution < 1.29 is 0 Å². The molecule has 236 valence electrons. The smallest absolute Gasteiger partial charge is 0.00357 e. The third-order valence-electron chi connectivity index (χ3n) is 20.3. The van der Waals surface area contributed by atoms with Gasteiger partial charge in [0.2, 0.25) is 0 Å². The predicted molar refractivity (Wildman–Crippen MR) is 182 cm³/mol. The maximum atomic E-state index is 2.79. The van der Waals surface area contributed by atoms with Gasteiger partial charge in [-0.1, -0.05) is 89.2 Å². The molecule has 0 amide bonds. The highest BCUT2D eigenvalue weighted by Gasteiger charge is 2.79. The van der Waals surface area contributed by atoms with Crippen molar-refractivity contribution in [3.8, 4) is 0 Å². The second-order valence-electron chi connectivity index (χ2n) is 21.8. The summed E-state index contributed by atoms with van der Waals surface area (Å²) in [5, 5.41) is 0. The summed E-state index contributed by atoms with van der Waals surface area (Å²) in [7, 11) is 0. The van der Waals surface area contributed by atoms with E-state index in [1.54, 1.807) is 29.5 Å². The van der Waals surface area contributed by atoms with Gasteiger partial charge in [0.05, 0.1) is 0 Å². The Morgan fingerprint density at radius 2 is 0.644 bits per heavy atom. The lowest BCUT2D eigenvalue weighted by molar-refractivity contribution is -0.313. The van der Waals surface area contributed by atoms with E-state index in [2.05, 4.69) is 89.2 Å². The SMILES string of the molecule is CC12CC3C4CC5(c6ccc(C78CC9C%10CC%11(c%12ccccc%12)CC(C(C7)C9(C)C%11)C%10(C)C8)cc6)CC(C(C1)C3(C)C5)C4(C)C2. The Labute approximate surface area is 272 Å². The van der Waals surface area contributed by atoms with E-state index in [1.807, 2.05) is 0 Å². The first-order valence-electron chi connectivity index (χ1n) is 19.5. The van der Waals surface area contributed by atoms with Crippen LogP contribution < -0.4 is 0 Å². The molecule has 16 bridgehead atoms. The second-order valence-corrected chi connectivity index (χ2v) is 21.8. The first-order chi connectivity index (χ1) is 21.4. The quantitative estimate of drug-likeness (QED) is 0.331. The average Bonchev–Trinajstić information content (AvgIpc) is 3.02. The standard InChI is InChI=1S/C45H56/c1-38-15-30-32-17-44(18-33(39(32,2)23-38)31(16-38)40(30,3)24-44)28-11-13-29(14-12-28)45-21-36-34-19-43(27-9-7-6-8-10-27)20-35(42(34,5)26-45)37(22-45)41(36,4)25-43/h6-14,30-37H,15-26H2,1-5H3. The van der Waals surface area contributed by atoms with Gasteiger partial charge in [0.1, 0.15) is 0 Å². The number of hydrogen-bond donors (Lipinski definition) is 0. The van der Waals surface area contributed by atoms with E-state index in [4.69, 9.17) is 0 Å². The van der Waals surface area contributed by atoms with Crippen molar-refractivity contribution in [1.82, 2.24) is 0 Å². The average molecular weight is 597 g/mol. The Balaban J connectivity index is 0.893. The molecule has 0 aliphatic heterocycles. The van der Waals surface area contributed by atoms with Gasteiger partial charge in [-0.05, 0) is 184 Å². The molecule has 14 aliphatic rings. The van der Waals surface area contributed by atoms with Crippen LogP contribution in [0.4, 0.5) is 0 Å². The van der Waals surface area contributed by atoms with Gasteiger partial charge in [-0.3, -0.25) is 0 Å². The molecule has 2 aromatic carbocycles. The van der Waals surface area contributed by atoms with Gasteiger partial charge in [-0.2, -0.15) is 0 Å². The lowest BCUT2D eigenvalue weighted by Gasteiger charge is -2.82. The molecule has 14 fully saturated rings. The van der Waals surface area contributed by atoms with Crippen molar-refractivity contribution in [1.29, 1.82) is 0 Å². The van der Waals surface area contributed by atoms with Gasteiger partial charge in [0.15, 0.2) is 0 Å². The summed E-state index contributed by atoms with van der Waals surface area (Å²) in [5.74, 6) is 7.69. The third kappa shape index (κ3) is 2.63. The maximum absolute atomic E-state index is 2.79. The molecule has 0 spiro atoms. The Bertz CT molecular complexity index is 1610. The van der Waals surface area contributed by atoms with Gasteiger partial charge in [-0.15, -0.1) is 0 Å². The van der Waals surface area contributed by atoms with Crippen molar-refractivity contribution in [3.05, 3.63) is 71.3 Å². The van der Waals surface area contributed by atoms with Crippen LogP contribution in [0, 0.1) is 74.4 Å². The number of rotatable bonds is 3. The molecule has 8 unspecified atom stereocenters. The van der Waals surface area contributed by atoms with Crippen LogP contribution in [0.3, 0.4) is 0 Å². The van der Waals surface area contributed by atoms with Gasteiger partial charge in [-0.25, -0.2) is 0 Å². The molecule has 14 saturated carbocycles. The highest BCUT2D eigenvalue weighted by molar-refractivity contribution is 5.43.